The third kappa shape index (κ3) is 6.98. The lowest BCUT2D eigenvalue weighted by molar-refractivity contribution is -0.133. The van der Waals surface area contributed by atoms with Crippen LogP contribution in [0.4, 0.5) is 5.69 Å². The molecule has 138 valence electrons. The van der Waals surface area contributed by atoms with Gasteiger partial charge in [0.25, 0.3) is 5.91 Å². The first-order chi connectivity index (χ1) is 11.9. The summed E-state index contributed by atoms with van der Waals surface area (Å²) in [5.41, 5.74) is 5.58. The largest absolute Gasteiger partial charge is 0.482 e. The smallest absolute Gasteiger partial charge is 0.260 e. The Balaban J connectivity index is 2.57. The standard InChI is InChI=1S/C16H23ClN4O4/c1-3-21(4-2)16(24)10-25-13-6-5-11(7-12(13)17)20-15(23)9-19-14(22)8-18/h5-7H,3-4,8-10,18H2,1-2H3,(H,19,22)(H,20,23). The zero-order valence-corrected chi connectivity index (χ0v) is 15.1. The van der Waals surface area contributed by atoms with Gasteiger partial charge in [-0.3, -0.25) is 14.4 Å². The predicted molar refractivity (Wildman–Crippen MR) is 95.6 cm³/mol. The highest BCUT2D eigenvalue weighted by atomic mass is 35.5. The summed E-state index contributed by atoms with van der Waals surface area (Å²) in [6.07, 6.45) is 0. The van der Waals surface area contributed by atoms with E-state index in [1.165, 1.54) is 6.07 Å². The molecule has 0 radical (unpaired) electrons. The number of hydrogen-bond acceptors (Lipinski definition) is 5. The van der Waals surface area contributed by atoms with Crippen LogP contribution < -0.4 is 21.1 Å². The Kier molecular flexibility index (Phi) is 8.73. The Morgan fingerprint density at radius 1 is 1.20 bits per heavy atom. The van der Waals surface area contributed by atoms with Gasteiger partial charge >= 0.3 is 0 Å². The van der Waals surface area contributed by atoms with Crippen LogP contribution in [0.5, 0.6) is 5.75 Å². The summed E-state index contributed by atoms with van der Waals surface area (Å²) in [4.78, 5) is 36.3. The van der Waals surface area contributed by atoms with Crippen molar-refractivity contribution in [2.24, 2.45) is 5.73 Å². The average Bonchev–Trinajstić information content (AvgIpc) is 2.60. The molecule has 1 aromatic rings. The highest BCUT2D eigenvalue weighted by Crippen LogP contribution is 2.27. The van der Waals surface area contributed by atoms with Gasteiger partial charge < -0.3 is 26.0 Å². The van der Waals surface area contributed by atoms with Gasteiger partial charge in [0.05, 0.1) is 18.1 Å². The second-order valence-corrected chi connectivity index (χ2v) is 5.44. The number of halogens is 1. The van der Waals surface area contributed by atoms with Crippen LogP contribution in [0.3, 0.4) is 0 Å². The first kappa shape index (κ1) is 20.7. The van der Waals surface area contributed by atoms with Gasteiger partial charge in [-0.05, 0) is 32.0 Å². The second-order valence-electron chi connectivity index (χ2n) is 5.03. The van der Waals surface area contributed by atoms with Crippen LogP contribution in [0.2, 0.25) is 5.02 Å². The zero-order valence-electron chi connectivity index (χ0n) is 14.3. The number of likely N-dealkylation sites (N-methyl/N-ethyl adjacent to an activating group) is 1. The number of carbonyl (C=O) groups excluding carboxylic acids is 3. The molecule has 0 heterocycles. The fourth-order valence-corrected chi connectivity index (χ4v) is 2.19. The minimum atomic E-state index is -0.421. The van der Waals surface area contributed by atoms with Crippen LogP contribution >= 0.6 is 11.6 Å². The molecular formula is C16H23ClN4O4. The van der Waals surface area contributed by atoms with Crippen molar-refractivity contribution in [1.82, 2.24) is 10.2 Å². The molecule has 0 aromatic heterocycles. The van der Waals surface area contributed by atoms with Gasteiger partial charge in [-0.15, -0.1) is 0 Å². The number of benzene rings is 1. The van der Waals surface area contributed by atoms with E-state index in [-0.39, 0.29) is 30.6 Å². The highest BCUT2D eigenvalue weighted by Gasteiger charge is 2.12. The summed E-state index contributed by atoms with van der Waals surface area (Å²) >= 11 is 6.11. The highest BCUT2D eigenvalue weighted by molar-refractivity contribution is 6.32. The van der Waals surface area contributed by atoms with Gasteiger partial charge in [-0.1, -0.05) is 11.6 Å². The number of rotatable bonds is 9. The van der Waals surface area contributed by atoms with Crippen LogP contribution in [-0.2, 0) is 14.4 Å². The molecule has 0 aliphatic carbocycles. The molecule has 0 saturated carbocycles. The summed E-state index contributed by atoms with van der Waals surface area (Å²) in [6.45, 7) is 4.51. The van der Waals surface area contributed by atoms with E-state index < -0.39 is 11.8 Å². The Morgan fingerprint density at radius 3 is 2.44 bits per heavy atom. The fraction of sp³-hybridized carbons (Fsp3) is 0.438. The number of nitrogens with one attached hydrogen (secondary N) is 2. The number of anilines is 1. The van der Waals surface area contributed by atoms with E-state index in [1.54, 1.807) is 17.0 Å². The van der Waals surface area contributed by atoms with Gasteiger partial charge in [-0.2, -0.15) is 0 Å². The Labute approximate surface area is 151 Å². The maximum Gasteiger partial charge on any atom is 0.260 e. The molecule has 0 aliphatic rings. The van der Waals surface area contributed by atoms with Gasteiger partial charge in [0, 0.05) is 18.8 Å². The molecule has 1 rings (SSSR count). The van der Waals surface area contributed by atoms with Crippen molar-refractivity contribution >= 4 is 35.0 Å². The van der Waals surface area contributed by atoms with E-state index in [2.05, 4.69) is 10.6 Å². The molecule has 0 unspecified atom stereocenters. The summed E-state index contributed by atoms with van der Waals surface area (Å²) in [5, 5.41) is 5.20. The maximum absolute atomic E-state index is 11.9. The van der Waals surface area contributed by atoms with Gasteiger partial charge in [0.1, 0.15) is 5.75 Å². The van der Waals surface area contributed by atoms with Crippen molar-refractivity contribution < 1.29 is 19.1 Å². The van der Waals surface area contributed by atoms with Gasteiger partial charge in [-0.25, -0.2) is 0 Å². The molecule has 25 heavy (non-hydrogen) atoms. The van der Waals surface area contributed by atoms with Gasteiger partial charge in [0.15, 0.2) is 6.61 Å². The lowest BCUT2D eigenvalue weighted by atomic mass is 10.3. The number of nitrogens with two attached hydrogens (primary N) is 1. The first-order valence-electron chi connectivity index (χ1n) is 7.87. The van der Waals surface area contributed by atoms with E-state index in [0.29, 0.717) is 24.5 Å². The van der Waals surface area contributed by atoms with Crippen molar-refractivity contribution in [1.29, 1.82) is 0 Å². The SMILES string of the molecule is CCN(CC)C(=O)COc1ccc(NC(=O)CNC(=O)CN)cc1Cl. The Bertz CT molecular complexity index is 620. The van der Waals surface area contributed by atoms with Crippen LogP contribution in [-0.4, -0.2) is 55.4 Å². The van der Waals surface area contributed by atoms with Crippen molar-refractivity contribution in [2.45, 2.75) is 13.8 Å². The van der Waals surface area contributed by atoms with E-state index in [0.717, 1.165) is 0 Å². The molecule has 8 nitrogen and oxygen atoms in total. The van der Waals surface area contributed by atoms with Crippen molar-refractivity contribution in [3.63, 3.8) is 0 Å². The number of hydrogen-bond donors (Lipinski definition) is 3. The lowest BCUT2D eigenvalue weighted by Crippen LogP contribution is -2.36. The van der Waals surface area contributed by atoms with Crippen LogP contribution in [0.25, 0.3) is 0 Å². The Hall–Kier alpha value is -2.32. The van der Waals surface area contributed by atoms with E-state index in [9.17, 15) is 14.4 Å². The predicted octanol–water partition coefficient (Wildman–Crippen LogP) is 0.601. The molecule has 0 saturated heterocycles. The van der Waals surface area contributed by atoms with Crippen LogP contribution in [0.15, 0.2) is 18.2 Å². The van der Waals surface area contributed by atoms with Crippen LogP contribution in [0, 0.1) is 0 Å². The van der Waals surface area contributed by atoms with E-state index in [4.69, 9.17) is 22.1 Å². The average molecular weight is 371 g/mol. The van der Waals surface area contributed by atoms with E-state index in [1.807, 2.05) is 13.8 Å². The zero-order chi connectivity index (χ0) is 18.8. The number of ether oxygens (including phenoxy) is 1. The minimum absolute atomic E-state index is 0.113. The third-order valence-corrected chi connectivity index (χ3v) is 3.61. The first-order valence-corrected chi connectivity index (χ1v) is 8.25. The Morgan fingerprint density at radius 2 is 1.88 bits per heavy atom. The molecule has 0 spiro atoms. The number of nitrogens with zero attached hydrogens (tertiary/aromatic N) is 1. The lowest BCUT2D eigenvalue weighted by Gasteiger charge is -2.19. The molecule has 3 amide bonds. The summed E-state index contributed by atoms with van der Waals surface area (Å²) in [5.74, 6) is -0.622. The molecule has 0 atom stereocenters. The molecule has 0 aliphatic heterocycles. The molecule has 4 N–H and O–H groups in total. The summed E-state index contributed by atoms with van der Waals surface area (Å²) < 4.78 is 5.43. The number of carbonyl (C=O) groups is 3. The summed E-state index contributed by atoms with van der Waals surface area (Å²) in [6, 6.07) is 4.65. The minimum Gasteiger partial charge on any atom is -0.482 e. The normalized spacial score (nSPS) is 10.1. The molecule has 9 heteroatoms. The topological polar surface area (TPSA) is 114 Å². The maximum atomic E-state index is 11.9. The molecule has 0 fully saturated rings. The quantitative estimate of drug-likeness (QED) is 0.589. The monoisotopic (exact) mass is 370 g/mol. The van der Waals surface area contributed by atoms with Crippen molar-refractivity contribution in [3.05, 3.63) is 23.2 Å². The number of amides is 3. The van der Waals surface area contributed by atoms with Crippen LogP contribution in [0.1, 0.15) is 13.8 Å². The van der Waals surface area contributed by atoms with Gasteiger partial charge in [0.2, 0.25) is 11.8 Å². The fourth-order valence-electron chi connectivity index (χ4n) is 1.96. The van der Waals surface area contributed by atoms with Crippen molar-refractivity contribution in [3.8, 4) is 5.75 Å². The third-order valence-electron chi connectivity index (χ3n) is 3.31. The molecule has 1 aromatic carbocycles. The van der Waals surface area contributed by atoms with Crippen molar-refractivity contribution in [2.75, 3.05) is 38.1 Å². The second kappa shape index (κ2) is 10.5. The summed E-state index contributed by atoms with van der Waals surface area (Å²) in [7, 11) is 0. The molecular weight excluding hydrogens is 348 g/mol. The van der Waals surface area contributed by atoms with E-state index >= 15 is 0 Å². The molecule has 0 bridgehead atoms.